The zero-order valence-corrected chi connectivity index (χ0v) is 20.3. The number of nitrogens with one attached hydrogen (secondary N) is 1. The molecule has 35 heavy (non-hydrogen) atoms. The minimum atomic E-state index is -0.260. The lowest BCUT2D eigenvalue weighted by atomic mass is 9.93. The van der Waals surface area contributed by atoms with Gasteiger partial charge in [-0.2, -0.15) is 0 Å². The first-order valence-corrected chi connectivity index (χ1v) is 12.7. The zero-order valence-electron chi connectivity index (χ0n) is 20.3. The molecule has 4 nitrogen and oxygen atoms in total. The second-order valence-corrected chi connectivity index (χ2v) is 9.86. The largest absolute Gasteiger partial charge is 0.362 e. The van der Waals surface area contributed by atoms with Crippen LogP contribution >= 0.6 is 0 Å². The van der Waals surface area contributed by atoms with Crippen molar-refractivity contribution in [3.05, 3.63) is 104 Å². The fourth-order valence-corrected chi connectivity index (χ4v) is 5.67. The summed E-state index contributed by atoms with van der Waals surface area (Å²) < 4.78 is 27.2. The number of rotatable bonds is 6. The van der Waals surface area contributed by atoms with E-state index in [2.05, 4.69) is 14.8 Å². The van der Waals surface area contributed by atoms with E-state index in [-0.39, 0.29) is 23.1 Å². The number of aromatic nitrogens is 1. The van der Waals surface area contributed by atoms with Crippen LogP contribution in [0.4, 0.5) is 8.78 Å². The average molecular weight is 478 g/mol. The SMILES string of the molecule is Cc1[nH]c2c(c(=O)c1CCN1CCN(C(c3ccc(F)cc3)c3ccc(F)cc3)CC1)CCCC2. The lowest BCUT2D eigenvalue weighted by molar-refractivity contribution is 0.110. The topological polar surface area (TPSA) is 39.3 Å². The summed E-state index contributed by atoms with van der Waals surface area (Å²) in [5.41, 5.74) is 6.35. The van der Waals surface area contributed by atoms with Gasteiger partial charge in [0.25, 0.3) is 0 Å². The standard InChI is InChI=1S/C29H33F2N3O/c1-20-25(29(35)26-4-2-3-5-27(26)32-20)14-15-33-16-18-34(19-17-33)28(21-6-10-23(30)11-7-21)22-8-12-24(31)13-9-22/h6-13,28H,2-5,14-19H2,1H3,(H,32,35). The molecule has 2 aromatic carbocycles. The van der Waals surface area contributed by atoms with Crippen molar-refractivity contribution in [2.75, 3.05) is 32.7 Å². The van der Waals surface area contributed by atoms with Crippen LogP contribution in [0.25, 0.3) is 0 Å². The Labute approximate surface area is 205 Å². The Balaban J connectivity index is 1.27. The van der Waals surface area contributed by atoms with Gasteiger partial charge in [0.1, 0.15) is 11.6 Å². The minimum absolute atomic E-state index is 0.0518. The molecule has 0 bridgehead atoms. The van der Waals surface area contributed by atoms with Crippen molar-refractivity contribution in [1.29, 1.82) is 0 Å². The highest BCUT2D eigenvalue weighted by Crippen LogP contribution is 2.30. The monoisotopic (exact) mass is 477 g/mol. The van der Waals surface area contributed by atoms with Crippen LogP contribution in [-0.2, 0) is 19.3 Å². The predicted molar refractivity (Wildman–Crippen MR) is 135 cm³/mol. The van der Waals surface area contributed by atoms with E-state index in [0.29, 0.717) is 0 Å². The van der Waals surface area contributed by atoms with E-state index >= 15 is 0 Å². The number of aromatic amines is 1. The third-order valence-electron chi connectivity index (χ3n) is 7.63. The van der Waals surface area contributed by atoms with Crippen LogP contribution in [0.3, 0.4) is 0 Å². The maximum atomic E-state index is 13.6. The summed E-state index contributed by atoms with van der Waals surface area (Å²) in [6, 6.07) is 13.2. The van der Waals surface area contributed by atoms with Crippen LogP contribution in [0.1, 0.15) is 52.5 Å². The van der Waals surface area contributed by atoms with Gasteiger partial charge in [0.05, 0.1) is 6.04 Å². The summed E-state index contributed by atoms with van der Waals surface area (Å²) in [5.74, 6) is -0.521. The molecule has 1 aliphatic carbocycles. The van der Waals surface area contributed by atoms with Gasteiger partial charge in [-0.05, 0) is 74.4 Å². The van der Waals surface area contributed by atoms with Crippen LogP contribution < -0.4 is 5.43 Å². The second-order valence-electron chi connectivity index (χ2n) is 9.86. The summed E-state index contributed by atoms with van der Waals surface area (Å²) in [6.45, 7) is 6.35. The van der Waals surface area contributed by atoms with Crippen molar-refractivity contribution in [2.45, 2.75) is 45.1 Å². The van der Waals surface area contributed by atoms with Gasteiger partial charge in [0.2, 0.25) is 0 Å². The highest BCUT2D eigenvalue weighted by molar-refractivity contribution is 5.33. The average Bonchev–Trinajstić information content (AvgIpc) is 2.87. The quantitative estimate of drug-likeness (QED) is 0.555. The van der Waals surface area contributed by atoms with Gasteiger partial charge in [0.15, 0.2) is 5.43 Å². The van der Waals surface area contributed by atoms with E-state index in [0.717, 1.165) is 98.5 Å². The number of pyridine rings is 1. The summed E-state index contributed by atoms with van der Waals surface area (Å²) in [7, 11) is 0. The number of benzene rings is 2. The highest BCUT2D eigenvalue weighted by atomic mass is 19.1. The van der Waals surface area contributed by atoms with Crippen LogP contribution in [0.2, 0.25) is 0 Å². The molecule has 0 radical (unpaired) electrons. The molecule has 2 aliphatic rings. The van der Waals surface area contributed by atoms with Crippen molar-refractivity contribution in [2.24, 2.45) is 0 Å². The third kappa shape index (κ3) is 5.24. The molecular formula is C29H33F2N3O. The lowest BCUT2D eigenvalue weighted by Crippen LogP contribution is -2.48. The molecule has 1 aliphatic heterocycles. The summed E-state index contributed by atoms with van der Waals surface area (Å²) in [6.07, 6.45) is 4.89. The molecule has 1 fully saturated rings. The van der Waals surface area contributed by atoms with Gasteiger partial charge in [-0.25, -0.2) is 8.78 Å². The van der Waals surface area contributed by atoms with Crippen LogP contribution in [0.15, 0.2) is 53.3 Å². The Kier molecular flexibility index (Phi) is 7.12. The van der Waals surface area contributed by atoms with Gasteiger partial charge in [-0.15, -0.1) is 0 Å². The Hall–Kier alpha value is -2.83. The second kappa shape index (κ2) is 10.4. The zero-order chi connectivity index (χ0) is 24.4. The first kappa shape index (κ1) is 23.9. The normalized spacial score (nSPS) is 17.0. The van der Waals surface area contributed by atoms with Crippen molar-refractivity contribution >= 4 is 0 Å². The van der Waals surface area contributed by atoms with Crippen molar-refractivity contribution in [3.8, 4) is 0 Å². The molecule has 1 aromatic heterocycles. The van der Waals surface area contributed by atoms with E-state index in [1.54, 1.807) is 0 Å². The highest BCUT2D eigenvalue weighted by Gasteiger charge is 2.27. The van der Waals surface area contributed by atoms with E-state index < -0.39 is 0 Å². The number of aryl methyl sites for hydroxylation is 2. The number of hydrogen-bond donors (Lipinski definition) is 1. The summed E-state index contributed by atoms with van der Waals surface area (Å²) >= 11 is 0. The molecule has 1 saturated heterocycles. The van der Waals surface area contributed by atoms with E-state index in [1.807, 2.05) is 31.2 Å². The molecule has 0 amide bonds. The van der Waals surface area contributed by atoms with E-state index in [9.17, 15) is 13.6 Å². The number of fused-ring (bicyclic) bond motifs is 1. The maximum absolute atomic E-state index is 13.6. The molecule has 0 unspecified atom stereocenters. The number of piperazine rings is 1. The van der Waals surface area contributed by atoms with Crippen LogP contribution in [0, 0.1) is 18.6 Å². The first-order chi connectivity index (χ1) is 17.0. The van der Waals surface area contributed by atoms with Crippen molar-refractivity contribution in [3.63, 3.8) is 0 Å². The molecule has 0 atom stereocenters. The van der Waals surface area contributed by atoms with Gasteiger partial charge < -0.3 is 9.88 Å². The minimum Gasteiger partial charge on any atom is -0.362 e. The van der Waals surface area contributed by atoms with Crippen LogP contribution in [0.5, 0.6) is 0 Å². The molecule has 1 N–H and O–H groups in total. The molecule has 0 spiro atoms. The van der Waals surface area contributed by atoms with Gasteiger partial charge >= 0.3 is 0 Å². The third-order valence-corrected chi connectivity index (χ3v) is 7.63. The van der Waals surface area contributed by atoms with Gasteiger partial charge in [-0.3, -0.25) is 9.69 Å². The fraction of sp³-hybridized carbons (Fsp3) is 0.414. The number of halogens is 2. The lowest BCUT2D eigenvalue weighted by Gasteiger charge is -2.40. The van der Waals surface area contributed by atoms with Crippen LogP contribution in [-0.4, -0.2) is 47.5 Å². The van der Waals surface area contributed by atoms with Crippen molar-refractivity contribution < 1.29 is 8.78 Å². The Morgan fingerprint density at radius 1 is 0.857 bits per heavy atom. The molecular weight excluding hydrogens is 444 g/mol. The molecule has 0 saturated carbocycles. The Morgan fingerprint density at radius 3 is 2.03 bits per heavy atom. The molecule has 5 rings (SSSR count). The number of hydrogen-bond acceptors (Lipinski definition) is 3. The number of H-pyrrole nitrogens is 1. The van der Waals surface area contributed by atoms with Gasteiger partial charge in [0, 0.05) is 55.2 Å². The molecule has 6 heteroatoms. The summed E-state index contributed by atoms with van der Waals surface area (Å²) in [4.78, 5) is 21.4. The van der Waals surface area contributed by atoms with E-state index in [1.165, 1.54) is 24.3 Å². The molecule has 2 heterocycles. The maximum Gasteiger partial charge on any atom is 0.188 e. The fourth-order valence-electron chi connectivity index (χ4n) is 5.67. The smallest absolute Gasteiger partial charge is 0.188 e. The van der Waals surface area contributed by atoms with Crippen molar-refractivity contribution in [1.82, 2.24) is 14.8 Å². The predicted octanol–water partition coefficient (Wildman–Crippen LogP) is 4.79. The molecule has 3 aromatic rings. The van der Waals surface area contributed by atoms with E-state index in [4.69, 9.17) is 0 Å². The first-order valence-electron chi connectivity index (χ1n) is 12.7. The molecule has 184 valence electrons. The Morgan fingerprint density at radius 2 is 1.43 bits per heavy atom. The summed E-state index contributed by atoms with van der Waals surface area (Å²) in [5, 5.41) is 0. The Bertz CT molecular complexity index is 1170. The van der Waals surface area contributed by atoms with Gasteiger partial charge in [-0.1, -0.05) is 24.3 Å². The number of nitrogens with zero attached hydrogens (tertiary/aromatic N) is 2.